The lowest BCUT2D eigenvalue weighted by Gasteiger charge is -2.12. The van der Waals surface area contributed by atoms with Crippen LogP contribution in [0.1, 0.15) is 10.4 Å². The van der Waals surface area contributed by atoms with Gasteiger partial charge in [0.2, 0.25) is 0 Å². The van der Waals surface area contributed by atoms with Crippen LogP contribution in [0.3, 0.4) is 0 Å². The maximum absolute atomic E-state index is 13.1. The predicted molar refractivity (Wildman–Crippen MR) is 83.9 cm³/mol. The van der Waals surface area contributed by atoms with Gasteiger partial charge in [-0.2, -0.15) is 0 Å². The Labute approximate surface area is 136 Å². The topological polar surface area (TPSA) is 47.6 Å². The Morgan fingerprint density at radius 1 is 1.09 bits per heavy atom. The molecule has 0 bridgehead atoms. The van der Waals surface area contributed by atoms with E-state index in [1.807, 2.05) is 0 Å². The molecule has 7 heteroatoms. The fourth-order valence-electron chi connectivity index (χ4n) is 1.83. The summed E-state index contributed by atoms with van der Waals surface area (Å²) in [5.74, 6) is -0.331. The zero-order valence-corrected chi connectivity index (χ0v) is 13.3. The minimum absolute atomic E-state index is 0.0804. The van der Waals surface area contributed by atoms with Crippen LogP contribution in [0.5, 0.6) is 11.5 Å². The molecule has 0 heterocycles. The normalized spacial score (nSPS) is 10.2. The SMILES string of the molecule is COc1cc(C(=O)Nc2ccc(F)c(Cl)c2)cc(Cl)c1OC. The van der Waals surface area contributed by atoms with Gasteiger partial charge in [-0.25, -0.2) is 4.39 Å². The third-order valence-corrected chi connectivity index (χ3v) is 3.44. The molecule has 2 rings (SSSR count). The van der Waals surface area contributed by atoms with Crippen LogP contribution in [0.25, 0.3) is 0 Å². The quantitative estimate of drug-likeness (QED) is 0.894. The Morgan fingerprint density at radius 3 is 2.41 bits per heavy atom. The zero-order valence-electron chi connectivity index (χ0n) is 11.7. The second-order valence-electron chi connectivity index (χ2n) is 4.28. The summed E-state index contributed by atoms with van der Waals surface area (Å²) in [7, 11) is 2.89. The molecular formula is C15H12Cl2FNO3. The van der Waals surface area contributed by atoms with Crippen molar-refractivity contribution in [3.63, 3.8) is 0 Å². The van der Waals surface area contributed by atoms with Gasteiger partial charge in [0.15, 0.2) is 11.5 Å². The van der Waals surface area contributed by atoms with Gasteiger partial charge in [-0.3, -0.25) is 4.79 Å². The Morgan fingerprint density at radius 2 is 1.82 bits per heavy atom. The number of methoxy groups -OCH3 is 2. The van der Waals surface area contributed by atoms with Gasteiger partial charge < -0.3 is 14.8 Å². The summed E-state index contributed by atoms with van der Waals surface area (Å²) in [4.78, 5) is 12.2. The summed E-state index contributed by atoms with van der Waals surface area (Å²) in [6.45, 7) is 0. The molecule has 1 amide bonds. The van der Waals surface area contributed by atoms with Crippen LogP contribution in [-0.2, 0) is 0 Å². The van der Waals surface area contributed by atoms with Gasteiger partial charge in [0.1, 0.15) is 5.82 Å². The predicted octanol–water partition coefficient (Wildman–Crippen LogP) is 4.40. The molecule has 0 aliphatic rings. The van der Waals surface area contributed by atoms with E-state index in [-0.39, 0.29) is 15.6 Å². The molecule has 0 spiro atoms. The lowest BCUT2D eigenvalue weighted by molar-refractivity contribution is 0.102. The number of carbonyl (C=O) groups is 1. The average molecular weight is 344 g/mol. The third kappa shape index (κ3) is 3.43. The molecule has 0 aliphatic heterocycles. The van der Waals surface area contributed by atoms with Gasteiger partial charge in [0.05, 0.1) is 24.3 Å². The van der Waals surface area contributed by atoms with E-state index in [9.17, 15) is 9.18 Å². The summed E-state index contributed by atoms with van der Waals surface area (Å²) in [5, 5.41) is 2.76. The van der Waals surface area contributed by atoms with E-state index in [1.54, 1.807) is 0 Å². The Bertz CT molecular complexity index is 722. The number of amides is 1. The molecule has 0 saturated carbocycles. The Balaban J connectivity index is 2.29. The number of ether oxygens (including phenoxy) is 2. The van der Waals surface area contributed by atoms with Crippen LogP contribution in [0.4, 0.5) is 10.1 Å². The van der Waals surface area contributed by atoms with Crippen LogP contribution >= 0.6 is 23.2 Å². The van der Waals surface area contributed by atoms with Crippen molar-refractivity contribution >= 4 is 34.8 Å². The van der Waals surface area contributed by atoms with E-state index in [4.69, 9.17) is 32.7 Å². The Kier molecular flexibility index (Phi) is 5.11. The number of hydrogen-bond acceptors (Lipinski definition) is 3. The van der Waals surface area contributed by atoms with Crippen molar-refractivity contribution in [1.29, 1.82) is 0 Å². The highest BCUT2D eigenvalue weighted by Crippen LogP contribution is 2.36. The summed E-state index contributed by atoms with van der Waals surface area (Å²) in [6.07, 6.45) is 0. The molecule has 116 valence electrons. The van der Waals surface area contributed by atoms with Gasteiger partial charge in [-0.15, -0.1) is 0 Å². The van der Waals surface area contributed by atoms with E-state index in [0.717, 1.165) is 0 Å². The molecule has 22 heavy (non-hydrogen) atoms. The van der Waals surface area contributed by atoms with E-state index < -0.39 is 11.7 Å². The number of benzene rings is 2. The number of nitrogens with one attached hydrogen (secondary N) is 1. The summed E-state index contributed by atoms with van der Waals surface area (Å²) in [5.41, 5.74) is 0.630. The average Bonchev–Trinajstić information content (AvgIpc) is 2.50. The lowest BCUT2D eigenvalue weighted by Crippen LogP contribution is -2.12. The largest absolute Gasteiger partial charge is 0.493 e. The maximum atomic E-state index is 13.1. The van der Waals surface area contributed by atoms with Gasteiger partial charge in [0.25, 0.3) is 5.91 Å². The highest BCUT2D eigenvalue weighted by atomic mass is 35.5. The molecule has 0 aromatic heterocycles. The number of rotatable bonds is 4. The summed E-state index contributed by atoms with van der Waals surface area (Å²) >= 11 is 11.7. The lowest BCUT2D eigenvalue weighted by atomic mass is 10.1. The van der Waals surface area contributed by atoms with Gasteiger partial charge >= 0.3 is 0 Å². The van der Waals surface area contributed by atoms with Crippen LogP contribution < -0.4 is 14.8 Å². The van der Waals surface area contributed by atoms with Gasteiger partial charge in [-0.1, -0.05) is 23.2 Å². The first-order chi connectivity index (χ1) is 10.5. The first kappa shape index (κ1) is 16.4. The van der Waals surface area contributed by atoms with Crippen molar-refractivity contribution in [1.82, 2.24) is 0 Å². The first-order valence-corrected chi connectivity index (χ1v) is 6.89. The Hall–Kier alpha value is -1.98. The molecule has 2 aromatic rings. The zero-order chi connectivity index (χ0) is 16.3. The molecule has 0 atom stereocenters. The van der Waals surface area contributed by atoms with Crippen LogP contribution in [0.15, 0.2) is 30.3 Å². The highest BCUT2D eigenvalue weighted by molar-refractivity contribution is 6.33. The van der Waals surface area contributed by atoms with Crippen molar-refractivity contribution < 1.29 is 18.7 Å². The molecule has 0 aliphatic carbocycles. The van der Waals surface area contributed by atoms with E-state index in [1.165, 1.54) is 44.6 Å². The van der Waals surface area contributed by atoms with E-state index in [0.29, 0.717) is 17.2 Å². The number of hydrogen-bond donors (Lipinski definition) is 1. The summed E-state index contributed by atoms with van der Waals surface area (Å²) in [6, 6.07) is 6.83. The first-order valence-electron chi connectivity index (χ1n) is 6.14. The van der Waals surface area contributed by atoms with E-state index in [2.05, 4.69) is 5.32 Å². The minimum atomic E-state index is -0.561. The summed E-state index contributed by atoms with van der Waals surface area (Å²) < 4.78 is 23.3. The maximum Gasteiger partial charge on any atom is 0.255 e. The third-order valence-electron chi connectivity index (χ3n) is 2.87. The second-order valence-corrected chi connectivity index (χ2v) is 5.09. The van der Waals surface area contributed by atoms with Crippen LogP contribution in [0, 0.1) is 5.82 Å². The molecule has 4 nitrogen and oxygen atoms in total. The number of carbonyl (C=O) groups excluding carboxylic acids is 1. The van der Waals surface area contributed by atoms with Gasteiger partial charge in [-0.05, 0) is 30.3 Å². The van der Waals surface area contributed by atoms with Crippen molar-refractivity contribution in [2.75, 3.05) is 19.5 Å². The van der Waals surface area contributed by atoms with Crippen molar-refractivity contribution in [3.05, 3.63) is 51.8 Å². The van der Waals surface area contributed by atoms with Crippen molar-refractivity contribution in [2.24, 2.45) is 0 Å². The fourth-order valence-corrected chi connectivity index (χ4v) is 2.29. The molecular weight excluding hydrogens is 332 g/mol. The van der Waals surface area contributed by atoms with Crippen LogP contribution in [0.2, 0.25) is 10.0 Å². The minimum Gasteiger partial charge on any atom is -0.493 e. The molecule has 0 unspecified atom stereocenters. The standard InChI is InChI=1S/C15H12Cl2FNO3/c1-21-13-6-8(5-11(17)14(13)22-2)15(20)19-9-3-4-12(18)10(16)7-9/h3-7H,1-2H3,(H,19,20). The molecule has 2 aromatic carbocycles. The highest BCUT2D eigenvalue weighted by Gasteiger charge is 2.15. The van der Waals surface area contributed by atoms with Gasteiger partial charge in [0, 0.05) is 11.3 Å². The van der Waals surface area contributed by atoms with E-state index >= 15 is 0 Å². The van der Waals surface area contributed by atoms with Crippen molar-refractivity contribution in [3.8, 4) is 11.5 Å². The fraction of sp³-hybridized carbons (Fsp3) is 0.133. The number of anilines is 1. The molecule has 0 saturated heterocycles. The molecule has 1 N–H and O–H groups in total. The van der Waals surface area contributed by atoms with Crippen molar-refractivity contribution in [2.45, 2.75) is 0 Å². The second kappa shape index (κ2) is 6.85. The monoisotopic (exact) mass is 343 g/mol. The van der Waals surface area contributed by atoms with Crippen LogP contribution in [-0.4, -0.2) is 20.1 Å². The molecule has 0 fully saturated rings. The number of halogens is 3. The molecule has 0 radical (unpaired) electrons. The smallest absolute Gasteiger partial charge is 0.255 e.